The number of aromatic nitrogens is 1. The molecule has 1 aromatic heterocycles. The van der Waals surface area contributed by atoms with Gasteiger partial charge in [-0.25, -0.2) is 13.4 Å². The lowest BCUT2D eigenvalue weighted by Crippen LogP contribution is -2.16. The highest BCUT2D eigenvalue weighted by atomic mass is 32.2. The van der Waals surface area contributed by atoms with E-state index >= 15 is 0 Å². The smallest absolute Gasteiger partial charge is 0.234 e. The van der Waals surface area contributed by atoms with Gasteiger partial charge in [0.1, 0.15) is 0 Å². The van der Waals surface area contributed by atoms with Crippen molar-refractivity contribution in [3.63, 3.8) is 0 Å². The normalized spacial score (nSPS) is 11.4. The van der Waals surface area contributed by atoms with E-state index in [4.69, 9.17) is 5.73 Å². The fraction of sp³-hybridized carbons (Fsp3) is 0.308. The monoisotopic (exact) mass is 311 g/mol. The summed E-state index contributed by atoms with van der Waals surface area (Å²) in [6.07, 6.45) is 1.49. The molecule has 2 aromatic rings. The molecule has 0 unspecified atom stereocenters. The number of nitrogens with one attached hydrogen (secondary N) is 1. The maximum atomic E-state index is 11.8. The molecule has 0 saturated heterocycles. The van der Waals surface area contributed by atoms with Crippen LogP contribution in [0.3, 0.4) is 0 Å². The molecule has 0 atom stereocenters. The minimum Gasteiger partial charge on any atom is -0.399 e. The standard InChI is InChI=1S/C13H17N3O2S2/c1-2-3-8-20(17,18)16-13-15-12(9-19-13)10-4-6-11(14)7-5-10/h4-7,9H,2-3,8,14H2,1H3,(H,15,16). The Hall–Kier alpha value is -1.60. The van der Waals surface area contributed by atoms with Gasteiger partial charge in [0.25, 0.3) is 0 Å². The van der Waals surface area contributed by atoms with Crippen molar-refractivity contribution in [2.75, 3.05) is 16.2 Å². The van der Waals surface area contributed by atoms with Crippen LogP contribution >= 0.6 is 11.3 Å². The number of thiazole rings is 1. The van der Waals surface area contributed by atoms with E-state index in [1.54, 1.807) is 12.1 Å². The molecule has 0 aliphatic carbocycles. The van der Waals surface area contributed by atoms with E-state index in [0.717, 1.165) is 17.7 Å². The Balaban J connectivity index is 2.11. The van der Waals surface area contributed by atoms with Crippen LogP contribution in [-0.4, -0.2) is 19.2 Å². The quantitative estimate of drug-likeness (QED) is 0.803. The first kappa shape index (κ1) is 14.8. The van der Waals surface area contributed by atoms with Gasteiger partial charge >= 0.3 is 0 Å². The van der Waals surface area contributed by atoms with Gasteiger partial charge in [-0.3, -0.25) is 4.72 Å². The van der Waals surface area contributed by atoms with Crippen LogP contribution in [0.5, 0.6) is 0 Å². The Morgan fingerprint density at radius 2 is 2.00 bits per heavy atom. The zero-order valence-electron chi connectivity index (χ0n) is 11.2. The van der Waals surface area contributed by atoms with E-state index in [1.165, 1.54) is 11.3 Å². The molecule has 5 nitrogen and oxygen atoms in total. The topological polar surface area (TPSA) is 85.1 Å². The molecule has 1 aromatic carbocycles. The number of hydrogen-bond donors (Lipinski definition) is 2. The first-order chi connectivity index (χ1) is 9.50. The molecule has 0 radical (unpaired) electrons. The van der Waals surface area contributed by atoms with Gasteiger partial charge in [0, 0.05) is 16.6 Å². The zero-order valence-corrected chi connectivity index (χ0v) is 12.8. The number of unbranched alkanes of at least 4 members (excludes halogenated alkanes) is 1. The second kappa shape index (κ2) is 6.23. The van der Waals surface area contributed by atoms with E-state index in [-0.39, 0.29) is 5.75 Å². The van der Waals surface area contributed by atoms with E-state index in [9.17, 15) is 8.42 Å². The Kier molecular flexibility index (Phi) is 4.61. The van der Waals surface area contributed by atoms with Gasteiger partial charge in [0.15, 0.2) is 5.13 Å². The molecule has 0 fully saturated rings. The maximum Gasteiger partial charge on any atom is 0.234 e. The summed E-state index contributed by atoms with van der Waals surface area (Å²) in [4.78, 5) is 4.29. The molecule has 0 amide bonds. The molecule has 3 N–H and O–H groups in total. The molecule has 0 aliphatic rings. The number of nitrogen functional groups attached to an aromatic ring is 1. The summed E-state index contributed by atoms with van der Waals surface area (Å²) in [5, 5.41) is 2.22. The second-order valence-electron chi connectivity index (χ2n) is 4.43. The maximum absolute atomic E-state index is 11.8. The number of benzene rings is 1. The molecular weight excluding hydrogens is 294 g/mol. The van der Waals surface area contributed by atoms with Gasteiger partial charge in [0.2, 0.25) is 10.0 Å². The number of anilines is 2. The second-order valence-corrected chi connectivity index (χ2v) is 7.13. The lowest BCUT2D eigenvalue weighted by Gasteiger charge is -2.03. The van der Waals surface area contributed by atoms with Crippen molar-refractivity contribution in [1.29, 1.82) is 0 Å². The van der Waals surface area contributed by atoms with Crippen LogP contribution in [0, 0.1) is 0 Å². The van der Waals surface area contributed by atoms with Crippen LogP contribution in [0.2, 0.25) is 0 Å². The summed E-state index contributed by atoms with van der Waals surface area (Å²) >= 11 is 1.28. The molecule has 7 heteroatoms. The highest BCUT2D eigenvalue weighted by Gasteiger charge is 2.12. The molecule has 108 valence electrons. The summed E-state index contributed by atoms with van der Waals surface area (Å²) in [6.45, 7) is 1.96. The van der Waals surface area contributed by atoms with Crippen LogP contribution in [0.25, 0.3) is 11.3 Å². The number of nitrogens with two attached hydrogens (primary N) is 1. The molecular formula is C13H17N3O2S2. The van der Waals surface area contributed by atoms with Crippen LogP contribution in [0.4, 0.5) is 10.8 Å². The third-order valence-electron chi connectivity index (χ3n) is 2.72. The fourth-order valence-electron chi connectivity index (χ4n) is 1.63. The minimum atomic E-state index is -3.29. The van der Waals surface area contributed by atoms with Gasteiger partial charge in [0.05, 0.1) is 11.4 Å². The van der Waals surface area contributed by atoms with Crippen molar-refractivity contribution in [3.8, 4) is 11.3 Å². The number of nitrogens with zero attached hydrogens (tertiary/aromatic N) is 1. The van der Waals surface area contributed by atoms with Crippen molar-refractivity contribution in [1.82, 2.24) is 4.98 Å². The van der Waals surface area contributed by atoms with Gasteiger partial charge in [-0.1, -0.05) is 25.5 Å². The first-order valence-corrected chi connectivity index (χ1v) is 8.85. The summed E-state index contributed by atoms with van der Waals surface area (Å²) in [5.74, 6) is 0.125. The fourth-order valence-corrected chi connectivity index (χ4v) is 3.84. The lowest BCUT2D eigenvalue weighted by molar-refractivity contribution is 0.598. The summed E-state index contributed by atoms with van der Waals surface area (Å²) in [6, 6.07) is 7.30. The van der Waals surface area contributed by atoms with Crippen LogP contribution in [0.15, 0.2) is 29.6 Å². The van der Waals surface area contributed by atoms with Gasteiger partial charge < -0.3 is 5.73 Å². The van der Waals surface area contributed by atoms with E-state index in [2.05, 4.69) is 9.71 Å². The van der Waals surface area contributed by atoms with Crippen molar-refractivity contribution < 1.29 is 8.42 Å². The van der Waals surface area contributed by atoms with Crippen molar-refractivity contribution >= 4 is 32.2 Å². The van der Waals surface area contributed by atoms with Crippen molar-refractivity contribution in [3.05, 3.63) is 29.6 Å². The predicted molar refractivity (Wildman–Crippen MR) is 84.3 cm³/mol. The van der Waals surface area contributed by atoms with Crippen LogP contribution in [-0.2, 0) is 10.0 Å². The Labute approximate surface area is 122 Å². The van der Waals surface area contributed by atoms with Crippen LogP contribution in [0.1, 0.15) is 19.8 Å². The number of rotatable bonds is 6. The number of sulfonamides is 1. The van der Waals surface area contributed by atoms with Crippen molar-refractivity contribution in [2.45, 2.75) is 19.8 Å². The molecule has 2 rings (SSSR count). The Morgan fingerprint density at radius 3 is 2.65 bits per heavy atom. The number of hydrogen-bond acceptors (Lipinski definition) is 5. The van der Waals surface area contributed by atoms with E-state index < -0.39 is 10.0 Å². The van der Waals surface area contributed by atoms with Gasteiger partial charge in [-0.05, 0) is 18.6 Å². The zero-order chi connectivity index (χ0) is 14.6. The largest absolute Gasteiger partial charge is 0.399 e. The first-order valence-electron chi connectivity index (χ1n) is 6.32. The van der Waals surface area contributed by atoms with Crippen LogP contribution < -0.4 is 10.5 Å². The molecule has 20 heavy (non-hydrogen) atoms. The van der Waals surface area contributed by atoms with E-state index in [0.29, 0.717) is 17.2 Å². The minimum absolute atomic E-state index is 0.125. The predicted octanol–water partition coefficient (Wildman–Crippen LogP) is 2.93. The molecule has 0 aliphatic heterocycles. The molecule has 0 bridgehead atoms. The average molecular weight is 311 g/mol. The molecule has 1 heterocycles. The Morgan fingerprint density at radius 1 is 1.30 bits per heavy atom. The van der Waals surface area contributed by atoms with Gasteiger partial charge in [-0.2, -0.15) is 0 Å². The highest BCUT2D eigenvalue weighted by Crippen LogP contribution is 2.26. The third kappa shape index (κ3) is 3.94. The molecule has 0 spiro atoms. The molecule has 0 saturated carbocycles. The van der Waals surface area contributed by atoms with Gasteiger partial charge in [-0.15, -0.1) is 11.3 Å². The summed E-state index contributed by atoms with van der Waals surface area (Å²) in [5.41, 5.74) is 7.97. The van der Waals surface area contributed by atoms with Crippen molar-refractivity contribution in [2.24, 2.45) is 0 Å². The summed E-state index contributed by atoms with van der Waals surface area (Å²) in [7, 11) is -3.29. The third-order valence-corrected chi connectivity index (χ3v) is 4.94. The Bertz CT molecular complexity index is 663. The SMILES string of the molecule is CCCCS(=O)(=O)Nc1nc(-c2ccc(N)cc2)cs1. The summed E-state index contributed by atoms with van der Waals surface area (Å²) < 4.78 is 26.1. The van der Waals surface area contributed by atoms with E-state index in [1.807, 2.05) is 24.4 Å². The highest BCUT2D eigenvalue weighted by molar-refractivity contribution is 7.92. The lowest BCUT2D eigenvalue weighted by atomic mass is 10.2. The average Bonchev–Trinajstić information content (AvgIpc) is 2.85.